The Morgan fingerprint density at radius 3 is 2.65 bits per heavy atom. The highest BCUT2D eigenvalue weighted by Crippen LogP contribution is 2.19. The van der Waals surface area contributed by atoms with Crippen LogP contribution in [0.15, 0.2) is 59.7 Å². The average molecular weight is 327 g/mol. The maximum Gasteiger partial charge on any atom is 0.269 e. The van der Waals surface area contributed by atoms with Crippen molar-refractivity contribution >= 4 is 40.1 Å². The molecule has 114 valence electrons. The second kappa shape index (κ2) is 6.41. The Morgan fingerprint density at radius 2 is 1.91 bits per heavy atom. The van der Waals surface area contributed by atoms with Gasteiger partial charge in [-0.05, 0) is 24.3 Å². The van der Waals surface area contributed by atoms with Crippen LogP contribution in [0.5, 0.6) is 0 Å². The van der Waals surface area contributed by atoms with Crippen LogP contribution in [-0.2, 0) is 0 Å². The number of non-ortho nitro benzene ring substituents is 1. The maximum absolute atomic E-state index is 10.6. The zero-order valence-corrected chi connectivity index (χ0v) is 12.6. The number of fused-ring (bicyclic) bond motifs is 1. The van der Waals surface area contributed by atoms with Gasteiger partial charge in [0.1, 0.15) is 5.15 Å². The van der Waals surface area contributed by atoms with Gasteiger partial charge in [0.05, 0.1) is 22.3 Å². The number of nitro benzene ring substituents is 1. The number of hydrogen-bond donors (Lipinski definition) is 1. The number of aromatic nitrogens is 1. The van der Waals surface area contributed by atoms with Crippen molar-refractivity contribution in [3.63, 3.8) is 0 Å². The first-order chi connectivity index (χ1) is 11.1. The van der Waals surface area contributed by atoms with Crippen LogP contribution in [0.25, 0.3) is 10.9 Å². The molecule has 0 saturated carbocycles. The van der Waals surface area contributed by atoms with Crippen LogP contribution in [0, 0.1) is 10.1 Å². The molecular weight excluding hydrogens is 316 g/mol. The molecule has 1 aromatic heterocycles. The van der Waals surface area contributed by atoms with Crippen molar-refractivity contribution in [1.82, 2.24) is 4.98 Å². The predicted octanol–water partition coefficient (Wildman–Crippen LogP) is 4.24. The summed E-state index contributed by atoms with van der Waals surface area (Å²) in [6.07, 6.45) is 1.56. The van der Waals surface area contributed by atoms with Crippen LogP contribution in [-0.4, -0.2) is 16.1 Å². The van der Waals surface area contributed by atoms with Gasteiger partial charge in [-0.15, -0.1) is 0 Å². The third kappa shape index (κ3) is 3.44. The summed E-state index contributed by atoms with van der Waals surface area (Å²) in [5, 5.41) is 16.0. The lowest BCUT2D eigenvalue weighted by Gasteiger charge is -2.02. The minimum absolute atomic E-state index is 0.0290. The van der Waals surface area contributed by atoms with E-state index < -0.39 is 4.92 Å². The molecule has 0 aliphatic carbocycles. The molecule has 0 amide bonds. The van der Waals surface area contributed by atoms with Gasteiger partial charge in [0.25, 0.3) is 5.69 Å². The Bertz CT molecular complexity index is 894. The van der Waals surface area contributed by atoms with E-state index >= 15 is 0 Å². The number of nitrogens with zero attached hydrogens (tertiary/aromatic N) is 3. The number of benzene rings is 2. The summed E-state index contributed by atoms with van der Waals surface area (Å²) < 4.78 is 0. The van der Waals surface area contributed by atoms with Crippen molar-refractivity contribution in [2.75, 3.05) is 5.43 Å². The molecule has 23 heavy (non-hydrogen) atoms. The molecule has 1 heterocycles. The number of rotatable bonds is 4. The zero-order valence-electron chi connectivity index (χ0n) is 11.8. The van der Waals surface area contributed by atoms with Crippen molar-refractivity contribution in [1.29, 1.82) is 0 Å². The maximum atomic E-state index is 10.6. The van der Waals surface area contributed by atoms with Crippen LogP contribution in [0.2, 0.25) is 5.15 Å². The van der Waals surface area contributed by atoms with E-state index in [1.807, 2.05) is 30.3 Å². The van der Waals surface area contributed by atoms with Crippen LogP contribution in [0.1, 0.15) is 5.56 Å². The molecule has 0 saturated heterocycles. The Morgan fingerprint density at radius 1 is 1.17 bits per heavy atom. The van der Waals surface area contributed by atoms with Gasteiger partial charge in [0.2, 0.25) is 0 Å². The molecule has 0 radical (unpaired) electrons. The fraction of sp³-hybridized carbons (Fsp3) is 0. The normalized spacial score (nSPS) is 11.0. The smallest absolute Gasteiger partial charge is 0.269 e. The minimum Gasteiger partial charge on any atom is -0.278 e. The van der Waals surface area contributed by atoms with Crippen molar-refractivity contribution in [3.8, 4) is 0 Å². The van der Waals surface area contributed by atoms with Gasteiger partial charge >= 0.3 is 0 Å². The predicted molar refractivity (Wildman–Crippen MR) is 91.1 cm³/mol. The highest BCUT2D eigenvalue weighted by molar-refractivity contribution is 6.32. The number of hydrogen-bond acceptors (Lipinski definition) is 5. The monoisotopic (exact) mass is 326 g/mol. The largest absolute Gasteiger partial charge is 0.278 e. The fourth-order valence-electron chi connectivity index (χ4n) is 2.03. The van der Waals surface area contributed by atoms with Gasteiger partial charge in [-0.1, -0.05) is 29.8 Å². The Hall–Kier alpha value is -2.99. The first-order valence-corrected chi connectivity index (χ1v) is 7.10. The molecule has 6 nitrogen and oxygen atoms in total. The van der Waals surface area contributed by atoms with Crippen LogP contribution >= 0.6 is 11.6 Å². The number of nitro groups is 1. The number of anilines is 1. The zero-order chi connectivity index (χ0) is 16.2. The molecule has 3 aromatic rings. The quantitative estimate of drug-likeness (QED) is 0.336. The molecule has 0 fully saturated rings. The van der Waals surface area contributed by atoms with E-state index in [1.165, 1.54) is 12.1 Å². The minimum atomic E-state index is -0.451. The van der Waals surface area contributed by atoms with E-state index in [9.17, 15) is 10.1 Å². The molecule has 0 aliphatic rings. The number of hydrazone groups is 1. The molecule has 3 rings (SSSR count). The number of pyridine rings is 1. The summed E-state index contributed by atoms with van der Waals surface area (Å²) >= 11 is 6.14. The number of halogens is 1. The van der Waals surface area contributed by atoms with E-state index in [0.29, 0.717) is 16.4 Å². The number of para-hydroxylation sites is 1. The Labute approximate surface area is 136 Å². The molecule has 0 aliphatic heterocycles. The fourth-order valence-corrected chi connectivity index (χ4v) is 2.23. The highest BCUT2D eigenvalue weighted by Gasteiger charge is 2.04. The molecular formula is C16H11ClN4O2. The third-order valence-electron chi connectivity index (χ3n) is 3.18. The molecule has 0 spiro atoms. The molecule has 0 bridgehead atoms. The topological polar surface area (TPSA) is 80.4 Å². The summed E-state index contributed by atoms with van der Waals surface area (Å²) in [6.45, 7) is 0. The summed E-state index contributed by atoms with van der Waals surface area (Å²) in [5.41, 5.74) is 4.96. The van der Waals surface area contributed by atoms with E-state index in [0.717, 1.165) is 10.9 Å². The molecule has 0 unspecified atom stereocenters. The van der Waals surface area contributed by atoms with Gasteiger partial charge in [-0.25, -0.2) is 4.98 Å². The molecule has 2 aromatic carbocycles. The summed E-state index contributed by atoms with van der Waals surface area (Å²) in [5.74, 6) is 0. The Kier molecular flexibility index (Phi) is 4.16. The highest BCUT2D eigenvalue weighted by atomic mass is 35.5. The van der Waals surface area contributed by atoms with Gasteiger partial charge in [-0.2, -0.15) is 5.10 Å². The SMILES string of the molecule is O=[N+]([O-])c1ccc(N/N=C\c2cc3ccccc3nc2Cl)cc1. The lowest BCUT2D eigenvalue weighted by atomic mass is 10.2. The number of nitrogens with one attached hydrogen (secondary N) is 1. The lowest BCUT2D eigenvalue weighted by Crippen LogP contribution is -1.94. The van der Waals surface area contributed by atoms with Crippen LogP contribution in [0.3, 0.4) is 0 Å². The standard InChI is InChI=1S/C16H11ClN4O2/c17-16-12(9-11-3-1-2-4-15(11)19-16)10-18-20-13-5-7-14(8-6-13)21(22)23/h1-10,20H/b18-10-. The summed E-state index contributed by atoms with van der Waals surface area (Å²) in [7, 11) is 0. The second-order valence-corrected chi connectivity index (χ2v) is 5.09. The van der Waals surface area contributed by atoms with E-state index in [2.05, 4.69) is 15.5 Å². The van der Waals surface area contributed by atoms with Crippen molar-refractivity contribution in [2.45, 2.75) is 0 Å². The molecule has 7 heteroatoms. The summed E-state index contributed by atoms with van der Waals surface area (Å²) in [6, 6.07) is 15.5. The van der Waals surface area contributed by atoms with Gasteiger partial charge in [0.15, 0.2) is 0 Å². The van der Waals surface area contributed by atoms with E-state index in [-0.39, 0.29) is 5.69 Å². The first-order valence-electron chi connectivity index (χ1n) is 6.72. The third-order valence-corrected chi connectivity index (χ3v) is 3.48. The van der Waals surface area contributed by atoms with Gasteiger partial charge in [-0.3, -0.25) is 15.5 Å². The van der Waals surface area contributed by atoms with Crippen molar-refractivity contribution < 1.29 is 4.92 Å². The van der Waals surface area contributed by atoms with Gasteiger partial charge in [0, 0.05) is 23.1 Å². The van der Waals surface area contributed by atoms with E-state index in [4.69, 9.17) is 11.6 Å². The average Bonchev–Trinajstić information content (AvgIpc) is 2.56. The Balaban J connectivity index is 1.77. The van der Waals surface area contributed by atoms with Crippen molar-refractivity contribution in [2.24, 2.45) is 5.10 Å². The van der Waals surface area contributed by atoms with E-state index in [1.54, 1.807) is 18.3 Å². The van der Waals surface area contributed by atoms with Crippen molar-refractivity contribution in [3.05, 3.63) is 75.4 Å². The second-order valence-electron chi connectivity index (χ2n) is 4.74. The summed E-state index contributed by atoms with van der Waals surface area (Å²) in [4.78, 5) is 14.4. The molecule has 1 N–H and O–H groups in total. The van der Waals surface area contributed by atoms with Gasteiger partial charge < -0.3 is 0 Å². The lowest BCUT2D eigenvalue weighted by molar-refractivity contribution is -0.384. The van der Waals surface area contributed by atoms with Crippen LogP contribution in [0.4, 0.5) is 11.4 Å². The molecule has 0 atom stereocenters. The van der Waals surface area contributed by atoms with Crippen LogP contribution < -0.4 is 5.43 Å². The first kappa shape index (κ1) is 14.9.